The van der Waals surface area contributed by atoms with Crippen LogP contribution in [0.5, 0.6) is 0 Å². The zero-order chi connectivity index (χ0) is 32.9. The molecule has 8 rings (SSSR count). The van der Waals surface area contributed by atoms with Gasteiger partial charge in [0.2, 0.25) is 0 Å². The van der Waals surface area contributed by atoms with Crippen LogP contribution >= 0.6 is 0 Å². The first-order valence-corrected chi connectivity index (χ1v) is 19.4. The first-order valence-electron chi connectivity index (χ1n) is 19.4. The highest BCUT2D eigenvalue weighted by Crippen LogP contribution is 2.55. The number of piperazine rings is 1. The topological polar surface area (TPSA) is 97.5 Å². The minimum Gasteiger partial charge on any atom is -0.369 e. The first-order chi connectivity index (χ1) is 23.4. The van der Waals surface area contributed by atoms with Crippen LogP contribution in [0.3, 0.4) is 0 Å². The van der Waals surface area contributed by atoms with Crippen molar-refractivity contribution < 1.29 is 23.5 Å². The summed E-state index contributed by atoms with van der Waals surface area (Å²) in [4.78, 5) is 50.9. The number of morpholine rings is 1. The van der Waals surface area contributed by atoms with Crippen LogP contribution < -0.4 is 10.6 Å². The zero-order valence-corrected chi connectivity index (χ0v) is 28.9. The van der Waals surface area contributed by atoms with Gasteiger partial charge in [0.1, 0.15) is 12.0 Å². The van der Waals surface area contributed by atoms with Crippen LogP contribution in [0.25, 0.3) is 0 Å². The summed E-state index contributed by atoms with van der Waals surface area (Å²) < 4.78 is 23.2. The van der Waals surface area contributed by atoms with E-state index in [2.05, 4.69) is 37.3 Å². The fourth-order valence-corrected chi connectivity index (χ4v) is 11.2. The van der Waals surface area contributed by atoms with Crippen molar-refractivity contribution in [1.29, 1.82) is 0 Å². The molecular weight excluding hydrogens is 611 g/mol. The highest BCUT2D eigenvalue weighted by atomic mass is 19.1. The van der Waals surface area contributed by atoms with Crippen LogP contribution in [0.1, 0.15) is 64.2 Å². The molecule has 4 saturated carbocycles. The number of ketones is 2. The van der Waals surface area contributed by atoms with E-state index in [1.165, 1.54) is 19.3 Å². The zero-order valence-electron chi connectivity index (χ0n) is 28.9. The number of ether oxygens (including phenoxy) is 1. The molecule has 0 radical (unpaired) electrons. The minimum atomic E-state index is -1.25. The lowest BCUT2D eigenvalue weighted by atomic mass is 9.66. The Morgan fingerprint density at radius 2 is 1.65 bits per heavy atom. The molecule has 3 saturated heterocycles. The predicted molar refractivity (Wildman–Crippen MR) is 180 cm³/mol. The Bertz CT molecular complexity index is 1250. The summed E-state index contributed by atoms with van der Waals surface area (Å²) in [6, 6.07) is -0.847. The second-order valence-corrected chi connectivity index (χ2v) is 16.4. The van der Waals surface area contributed by atoms with E-state index < -0.39 is 24.2 Å². The van der Waals surface area contributed by atoms with Crippen molar-refractivity contribution in [2.75, 3.05) is 72.5 Å². The molecule has 11 unspecified atom stereocenters. The molecule has 0 aromatic carbocycles. The maximum absolute atomic E-state index is 16.3. The molecule has 4 aliphatic carbocycles. The number of hydrogen-bond donors (Lipinski definition) is 2. The maximum atomic E-state index is 16.3. The molecule has 266 valence electrons. The lowest BCUT2D eigenvalue weighted by molar-refractivity contribution is -0.206. The third-order valence-electron chi connectivity index (χ3n) is 13.7. The molecule has 4 heterocycles. The summed E-state index contributed by atoms with van der Waals surface area (Å²) in [7, 11) is 2.14. The van der Waals surface area contributed by atoms with Gasteiger partial charge in [-0.2, -0.15) is 0 Å². The van der Waals surface area contributed by atoms with Crippen molar-refractivity contribution in [2.45, 2.75) is 101 Å². The molecule has 11 heteroatoms. The number of likely N-dealkylation sites (N-methyl/N-ethyl adjacent to an activating group) is 1. The fraction of sp³-hybridized carbons (Fsp3) is 0.865. The highest BCUT2D eigenvalue weighted by molar-refractivity contribution is 6.20. The molecule has 48 heavy (non-hydrogen) atoms. The summed E-state index contributed by atoms with van der Waals surface area (Å²) in [6.07, 6.45) is 9.15. The van der Waals surface area contributed by atoms with Crippen LogP contribution in [0.2, 0.25) is 0 Å². The van der Waals surface area contributed by atoms with Crippen LogP contribution in [0.15, 0.2) is 11.8 Å². The summed E-state index contributed by atoms with van der Waals surface area (Å²) in [5.74, 6) is 0.175. The number of carbonyl (C=O) groups is 3. The minimum absolute atomic E-state index is 0.0107. The van der Waals surface area contributed by atoms with Gasteiger partial charge < -0.3 is 35.0 Å². The number of halogens is 1. The quantitative estimate of drug-likeness (QED) is 0.282. The molecule has 2 N–H and O–H groups in total. The van der Waals surface area contributed by atoms with Gasteiger partial charge in [-0.3, -0.25) is 14.4 Å². The molecule has 0 spiro atoms. The second-order valence-electron chi connectivity index (χ2n) is 16.4. The third kappa shape index (κ3) is 6.18. The number of alkyl halides is 1. The number of likely N-dealkylation sites (tertiary alicyclic amines) is 1. The lowest BCUT2D eigenvalue weighted by Crippen LogP contribution is -2.73. The van der Waals surface area contributed by atoms with Gasteiger partial charge in [-0.15, -0.1) is 0 Å². The number of hydrogen-bond acceptors (Lipinski definition) is 9. The van der Waals surface area contributed by atoms with Gasteiger partial charge in [-0.25, -0.2) is 4.39 Å². The van der Waals surface area contributed by atoms with Crippen molar-refractivity contribution in [3.8, 4) is 0 Å². The molecule has 10 nitrogen and oxygen atoms in total. The number of Topliss-reactive ketones (excluding diaryl/α,β-unsaturated/α-hetero) is 2. The van der Waals surface area contributed by atoms with Crippen LogP contribution in [-0.2, 0) is 19.1 Å². The molecule has 4 aliphatic heterocycles. The Kier molecular flexibility index (Phi) is 9.70. The summed E-state index contributed by atoms with van der Waals surface area (Å²) in [5, 5.41) is 6.59. The Morgan fingerprint density at radius 3 is 2.46 bits per heavy atom. The van der Waals surface area contributed by atoms with E-state index >= 15 is 4.39 Å². The fourth-order valence-electron chi connectivity index (χ4n) is 11.2. The van der Waals surface area contributed by atoms with Gasteiger partial charge in [0.25, 0.3) is 5.91 Å². The van der Waals surface area contributed by atoms with Crippen LogP contribution in [0, 0.1) is 29.6 Å². The monoisotopic (exact) mass is 668 g/mol. The van der Waals surface area contributed by atoms with Crippen molar-refractivity contribution in [3.05, 3.63) is 11.8 Å². The highest BCUT2D eigenvalue weighted by Gasteiger charge is 2.62. The van der Waals surface area contributed by atoms with E-state index in [-0.39, 0.29) is 53.7 Å². The number of carbonyl (C=O) groups excluding carboxylic acids is 3. The third-order valence-corrected chi connectivity index (χ3v) is 13.7. The van der Waals surface area contributed by atoms with E-state index in [4.69, 9.17) is 4.74 Å². The number of rotatable bonds is 9. The molecule has 1 amide bonds. The largest absolute Gasteiger partial charge is 0.369 e. The van der Waals surface area contributed by atoms with E-state index in [0.29, 0.717) is 37.1 Å². The smallest absolute Gasteiger partial charge is 0.256 e. The average molecular weight is 669 g/mol. The number of fused-ring (bicyclic) bond motifs is 5. The molecule has 7 fully saturated rings. The van der Waals surface area contributed by atoms with Crippen molar-refractivity contribution in [3.63, 3.8) is 0 Å². The average Bonchev–Trinajstić information content (AvgIpc) is 3.71. The normalized spacial score (nSPS) is 41.8. The molecule has 0 aromatic heterocycles. The number of nitrogens with zero attached hydrogens (tertiary/aromatic N) is 4. The lowest BCUT2D eigenvalue weighted by Gasteiger charge is -2.60. The molecular formula is C37H57FN6O4. The van der Waals surface area contributed by atoms with Crippen LogP contribution in [0.4, 0.5) is 4.39 Å². The van der Waals surface area contributed by atoms with Gasteiger partial charge in [0, 0.05) is 69.8 Å². The summed E-state index contributed by atoms with van der Waals surface area (Å²) in [5.41, 5.74) is 0.169. The Hall–Kier alpha value is -1.92. The first kappa shape index (κ1) is 33.2. The Balaban J connectivity index is 1.02. The van der Waals surface area contributed by atoms with Crippen molar-refractivity contribution >= 4 is 17.5 Å². The van der Waals surface area contributed by atoms with Gasteiger partial charge in [-0.1, -0.05) is 12.8 Å². The van der Waals surface area contributed by atoms with Crippen LogP contribution in [-0.4, -0.2) is 146 Å². The molecule has 0 bridgehead atoms. The maximum Gasteiger partial charge on any atom is 0.256 e. The predicted octanol–water partition coefficient (Wildman–Crippen LogP) is 1.84. The molecule has 11 atom stereocenters. The Labute approximate surface area is 285 Å². The molecule has 8 aliphatic rings. The van der Waals surface area contributed by atoms with Gasteiger partial charge >= 0.3 is 0 Å². The van der Waals surface area contributed by atoms with Crippen molar-refractivity contribution in [1.82, 2.24) is 30.2 Å². The van der Waals surface area contributed by atoms with E-state index in [9.17, 15) is 14.4 Å². The van der Waals surface area contributed by atoms with E-state index in [0.717, 1.165) is 84.5 Å². The van der Waals surface area contributed by atoms with E-state index in [1.54, 1.807) is 0 Å². The number of nitrogens with one attached hydrogen (secondary N) is 2. The van der Waals surface area contributed by atoms with E-state index in [1.807, 2.05) is 6.20 Å². The van der Waals surface area contributed by atoms with Gasteiger partial charge in [0.05, 0.1) is 35.9 Å². The Morgan fingerprint density at radius 1 is 0.875 bits per heavy atom. The van der Waals surface area contributed by atoms with Gasteiger partial charge in [0.15, 0.2) is 5.78 Å². The summed E-state index contributed by atoms with van der Waals surface area (Å²) >= 11 is 0. The standard InChI is InChI=1S/C37H57FN6O4/c1-41-15-17-43(18-16-41)13-6-9-40-37(47)28-22-44-30-20-25-23-7-2-3-8-24(23)34(45)26(25)21-31(30)48-36-32(39-10-14-42-11-4-5-12-42)29(38)19-27(33(36)44)35(28)46/h22-27,29-33,36,39H,2-21H2,1H3,(H,40,47). The summed E-state index contributed by atoms with van der Waals surface area (Å²) in [6.45, 7) is 9.33. The second kappa shape index (κ2) is 14.0. The SMILES string of the molecule is CN1CCN(CCCNC(=O)C2=CN3C4CC5C(CC4OC4C(NCCN6CCCC6)C(F)CC(C2=O)C43)C(=O)C2CCCCC25)CC1. The molecule has 0 aromatic rings. The van der Waals surface area contributed by atoms with Crippen molar-refractivity contribution in [2.24, 2.45) is 29.6 Å². The van der Waals surface area contributed by atoms with Gasteiger partial charge in [-0.05, 0) is 89.9 Å². The number of amides is 1.